The molecule has 1 aliphatic carbocycles. The van der Waals surface area contributed by atoms with E-state index in [9.17, 15) is 0 Å². The van der Waals surface area contributed by atoms with E-state index in [4.69, 9.17) is 6.42 Å². The third-order valence-electron chi connectivity index (χ3n) is 4.48. The summed E-state index contributed by atoms with van der Waals surface area (Å²) in [5, 5.41) is 3.71. The largest absolute Gasteiger partial charge is 0.312 e. The van der Waals surface area contributed by atoms with Crippen molar-refractivity contribution in [3.8, 4) is 12.3 Å². The summed E-state index contributed by atoms with van der Waals surface area (Å²) < 4.78 is 0. The van der Waals surface area contributed by atoms with Gasteiger partial charge in [-0.05, 0) is 38.5 Å². The lowest BCUT2D eigenvalue weighted by Crippen LogP contribution is -2.58. The van der Waals surface area contributed by atoms with Crippen molar-refractivity contribution in [3.63, 3.8) is 0 Å². The van der Waals surface area contributed by atoms with Crippen LogP contribution in [-0.4, -0.2) is 36.6 Å². The number of hydrogen-bond donors (Lipinski definition) is 1. The fourth-order valence-electron chi connectivity index (χ4n) is 3.54. The van der Waals surface area contributed by atoms with E-state index in [0.717, 1.165) is 30.8 Å². The van der Waals surface area contributed by atoms with Crippen LogP contribution >= 0.6 is 0 Å². The molecule has 0 spiro atoms. The molecule has 2 unspecified atom stereocenters. The van der Waals surface area contributed by atoms with Crippen LogP contribution in [-0.2, 0) is 0 Å². The molecule has 1 N–H and O–H groups in total. The Morgan fingerprint density at radius 3 is 2.47 bits per heavy atom. The molecule has 2 fully saturated rings. The number of hydrogen-bond acceptors (Lipinski definition) is 2. The second kappa shape index (κ2) is 5.89. The Morgan fingerprint density at radius 2 is 1.94 bits per heavy atom. The Bertz CT molecular complexity index is 265. The van der Waals surface area contributed by atoms with Gasteiger partial charge in [-0.1, -0.05) is 6.42 Å². The molecule has 96 valence electrons. The minimum Gasteiger partial charge on any atom is -0.312 e. The molecule has 17 heavy (non-hydrogen) atoms. The summed E-state index contributed by atoms with van der Waals surface area (Å²) in [6, 6.07) is 1.43. The van der Waals surface area contributed by atoms with Gasteiger partial charge >= 0.3 is 0 Å². The lowest BCUT2D eigenvalue weighted by Gasteiger charge is -2.49. The summed E-state index contributed by atoms with van der Waals surface area (Å²) in [5.74, 6) is 4.43. The first-order valence-electron chi connectivity index (χ1n) is 7.13. The molecule has 1 saturated carbocycles. The maximum absolute atomic E-state index is 5.32. The third kappa shape index (κ3) is 3.03. The molecule has 2 aliphatic rings. The van der Waals surface area contributed by atoms with Gasteiger partial charge in [0, 0.05) is 38.1 Å². The van der Waals surface area contributed by atoms with Crippen LogP contribution in [0.2, 0.25) is 0 Å². The highest BCUT2D eigenvalue weighted by Gasteiger charge is 2.39. The van der Waals surface area contributed by atoms with E-state index in [1.165, 1.54) is 32.4 Å². The van der Waals surface area contributed by atoms with Crippen LogP contribution in [0, 0.1) is 24.2 Å². The molecule has 2 bridgehead atoms. The van der Waals surface area contributed by atoms with Gasteiger partial charge in [0.2, 0.25) is 0 Å². The Hall–Kier alpha value is -0.520. The monoisotopic (exact) mass is 234 g/mol. The summed E-state index contributed by atoms with van der Waals surface area (Å²) in [6.45, 7) is 8.20. The van der Waals surface area contributed by atoms with Crippen LogP contribution < -0.4 is 5.32 Å². The second-order valence-electron chi connectivity index (χ2n) is 5.93. The number of nitrogens with zero attached hydrogens (tertiary/aromatic N) is 1. The predicted octanol–water partition coefficient (Wildman–Crippen LogP) is 2.11. The highest BCUT2D eigenvalue weighted by molar-refractivity contribution is 4.96. The van der Waals surface area contributed by atoms with Crippen molar-refractivity contribution in [2.24, 2.45) is 11.8 Å². The number of nitrogens with one attached hydrogen (secondary N) is 1. The zero-order chi connectivity index (χ0) is 12.3. The maximum Gasteiger partial charge on any atom is 0.0212 e. The zero-order valence-electron chi connectivity index (χ0n) is 11.3. The lowest BCUT2D eigenvalue weighted by molar-refractivity contribution is 0.0301. The fourth-order valence-corrected chi connectivity index (χ4v) is 3.54. The summed E-state index contributed by atoms with van der Waals surface area (Å²) in [5.41, 5.74) is 0. The highest BCUT2D eigenvalue weighted by atomic mass is 15.2. The first kappa shape index (κ1) is 12.9. The van der Waals surface area contributed by atoms with Crippen molar-refractivity contribution in [2.75, 3.05) is 19.6 Å². The molecule has 0 radical (unpaired) electrons. The van der Waals surface area contributed by atoms with Crippen molar-refractivity contribution in [1.29, 1.82) is 0 Å². The molecular weight excluding hydrogens is 208 g/mol. The second-order valence-corrected chi connectivity index (χ2v) is 5.93. The minimum absolute atomic E-state index is 0.699. The van der Waals surface area contributed by atoms with E-state index >= 15 is 0 Å². The van der Waals surface area contributed by atoms with Crippen molar-refractivity contribution in [1.82, 2.24) is 10.2 Å². The minimum atomic E-state index is 0.699. The molecule has 2 nitrogen and oxygen atoms in total. The number of terminal acetylenes is 1. The highest BCUT2D eigenvalue weighted by Crippen LogP contribution is 2.35. The van der Waals surface area contributed by atoms with E-state index in [1.54, 1.807) is 0 Å². The van der Waals surface area contributed by atoms with Gasteiger partial charge in [0.1, 0.15) is 0 Å². The van der Waals surface area contributed by atoms with E-state index in [-0.39, 0.29) is 0 Å². The normalized spacial score (nSPS) is 33.6. The molecule has 0 amide bonds. The quantitative estimate of drug-likeness (QED) is 0.592. The van der Waals surface area contributed by atoms with Gasteiger partial charge < -0.3 is 10.2 Å². The summed E-state index contributed by atoms with van der Waals surface area (Å²) in [4.78, 5) is 2.66. The molecule has 2 heteroatoms. The van der Waals surface area contributed by atoms with Crippen LogP contribution in [0.25, 0.3) is 0 Å². The maximum atomic E-state index is 5.32. The SMILES string of the molecule is C#CCCNC1C2CCCC1CN(C(C)C)C2. The Morgan fingerprint density at radius 1 is 1.29 bits per heavy atom. The van der Waals surface area contributed by atoms with Gasteiger partial charge in [-0.3, -0.25) is 0 Å². The van der Waals surface area contributed by atoms with Crippen molar-refractivity contribution < 1.29 is 0 Å². The van der Waals surface area contributed by atoms with Gasteiger partial charge in [-0.2, -0.15) is 0 Å². The molecule has 2 rings (SSSR count). The fraction of sp³-hybridized carbons (Fsp3) is 0.867. The summed E-state index contributed by atoms with van der Waals surface area (Å²) in [7, 11) is 0. The van der Waals surface area contributed by atoms with Crippen molar-refractivity contribution in [2.45, 2.75) is 51.6 Å². The average Bonchev–Trinajstić information content (AvgIpc) is 2.28. The molecule has 0 aromatic heterocycles. The van der Waals surface area contributed by atoms with Crippen LogP contribution in [0.5, 0.6) is 0 Å². The standard InChI is InChI=1S/C15H26N2/c1-4-5-9-16-15-13-7-6-8-14(15)11-17(10-13)12(2)3/h1,12-16H,5-11H2,2-3H3. The average molecular weight is 234 g/mol. The van der Waals surface area contributed by atoms with Crippen LogP contribution in [0.4, 0.5) is 0 Å². The molecule has 0 aromatic rings. The van der Waals surface area contributed by atoms with Gasteiger partial charge in [0.25, 0.3) is 0 Å². The van der Waals surface area contributed by atoms with Crippen molar-refractivity contribution in [3.05, 3.63) is 0 Å². The van der Waals surface area contributed by atoms with Gasteiger partial charge in [0.05, 0.1) is 0 Å². The smallest absolute Gasteiger partial charge is 0.0212 e. The first-order chi connectivity index (χ1) is 8.22. The number of rotatable bonds is 4. The number of likely N-dealkylation sites (tertiary alicyclic amines) is 1. The molecule has 1 saturated heterocycles. The molecule has 2 atom stereocenters. The van der Waals surface area contributed by atoms with E-state index in [0.29, 0.717) is 6.04 Å². The molecular formula is C15H26N2. The Kier molecular flexibility index (Phi) is 4.48. The van der Waals surface area contributed by atoms with E-state index < -0.39 is 0 Å². The first-order valence-corrected chi connectivity index (χ1v) is 7.13. The van der Waals surface area contributed by atoms with Crippen LogP contribution in [0.15, 0.2) is 0 Å². The third-order valence-corrected chi connectivity index (χ3v) is 4.48. The predicted molar refractivity (Wildman–Crippen MR) is 72.8 cm³/mol. The zero-order valence-corrected chi connectivity index (χ0v) is 11.3. The molecule has 1 aliphatic heterocycles. The number of piperidine rings is 1. The lowest BCUT2D eigenvalue weighted by atomic mass is 9.73. The molecule has 1 heterocycles. The molecule has 0 aromatic carbocycles. The summed E-state index contributed by atoms with van der Waals surface area (Å²) in [6.07, 6.45) is 10.4. The number of fused-ring (bicyclic) bond motifs is 2. The topological polar surface area (TPSA) is 15.3 Å². The Balaban J connectivity index is 1.93. The van der Waals surface area contributed by atoms with Crippen LogP contribution in [0.3, 0.4) is 0 Å². The van der Waals surface area contributed by atoms with Gasteiger partial charge in [-0.25, -0.2) is 0 Å². The Labute approximate surface area is 106 Å². The van der Waals surface area contributed by atoms with E-state index in [2.05, 4.69) is 30.0 Å². The van der Waals surface area contributed by atoms with Gasteiger partial charge in [-0.15, -0.1) is 12.3 Å². The summed E-state index contributed by atoms with van der Waals surface area (Å²) >= 11 is 0. The van der Waals surface area contributed by atoms with E-state index in [1.807, 2.05) is 0 Å². The van der Waals surface area contributed by atoms with Crippen LogP contribution in [0.1, 0.15) is 39.5 Å². The van der Waals surface area contributed by atoms with Crippen molar-refractivity contribution >= 4 is 0 Å². The van der Waals surface area contributed by atoms with Gasteiger partial charge in [0.15, 0.2) is 0 Å².